The highest BCUT2D eigenvalue weighted by Crippen LogP contribution is 2.38. The summed E-state index contributed by atoms with van der Waals surface area (Å²) in [7, 11) is -3.94. The van der Waals surface area contributed by atoms with Crippen LogP contribution in [-0.2, 0) is 21.4 Å². The maximum atomic E-state index is 13.6. The first-order valence-corrected chi connectivity index (χ1v) is 13.7. The standard InChI is InChI=1S/C26H25N3O5S2/c1-4-28-21-12-8-18(14-24(21)35-26(28)31)27-25(30)23-15-29(20-11-7-17(3)13-22(20)34-23)36(32,33)19-9-5-16(2)6-10-19/h5-14,23H,4,15H2,1-3H3,(H,27,30)/t23-/m0/s1. The van der Waals surface area contributed by atoms with E-state index in [0.29, 0.717) is 23.7 Å². The van der Waals surface area contributed by atoms with Crippen LogP contribution in [0.25, 0.3) is 10.2 Å². The van der Waals surface area contributed by atoms with Gasteiger partial charge in [0.2, 0.25) is 0 Å². The topological polar surface area (TPSA) is 97.7 Å². The van der Waals surface area contributed by atoms with Gasteiger partial charge in [0.15, 0.2) is 6.10 Å². The van der Waals surface area contributed by atoms with Crippen LogP contribution in [0.5, 0.6) is 5.75 Å². The number of fused-ring (bicyclic) bond motifs is 2. The Morgan fingerprint density at radius 1 is 1.06 bits per heavy atom. The third-order valence-corrected chi connectivity index (χ3v) is 8.87. The maximum absolute atomic E-state index is 13.6. The SMILES string of the molecule is CCn1c(=O)sc2cc(NC(=O)[C@@H]3CN(S(=O)(=O)c4ccc(C)cc4)c4ccc(C)cc4O3)ccc21. The number of ether oxygens (including phenoxy) is 1. The van der Waals surface area contributed by atoms with Gasteiger partial charge >= 0.3 is 4.87 Å². The molecule has 0 unspecified atom stereocenters. The molecule has 0 radical (unpaired) electrons. The number of amides is 1. The number of nitrogens with zero attached hydrogens (tertiary/aromatic N) is 2. The van der Waals surface area contributed by atoms with Crippen molar-refractivity contribution in [1.82, 2.24) is 4.57 Å². The second-order valence-electron chi connectivity index (χ2n) is 8.71. The highest BCUT2D eigenvalue weighted by molar-refractivity contribution is 7.92. The zero-order chi connectivity index (χ0) is 25.6. The Balaban J connectivity index is 1.47. The van der Waals surface area contributed by atoms with Crippen LogP contribution in [-0.4, -0.2) is 31.5 Å². The van der Waals surface area contributed by atoms with Gasteiger partial charge in [0.1, 0.15) is 5.75 Å². The fourth-order valence-corrected chi connectivity index (χ4v) is 6.70. The predicted molar refractivity (Wildman–Crippen MR) is 142 cm³/mol. The first kappa shape index (κ1) is 24.1. The summed E-state index contributed by atoms with van der Waals surface area (Å²) in [6.45, 7) is 6.04. The number of carbonyl (C=O) groups is 1. The van der Waals surface area contributed by atoms with Gasteiger partial charge in [-0.3, -0.25) is 18.5 Å². The molecule has 10 heteroatoms. The van der Waals surface area contributed by atoms with Crippen molar-refractivity contribution in [3.05, 3.63) is 81.5 Å². The highest BCUT2D eigenvalue weighted by atomic mass is 32.2. The van der Waals surface area contributed by atoms with E-state index >= 15 is 0 Å². The number of hydrogen-bond donors (Lipinski definition) is 1. The van der Waals surface area contributed by atoms with Gasteiger partial charge in [-0.1, -0.05) is 35.1 Å². The van der Waals surface area contributed by atoms with E-state index in [0.717, 1.165) is 32.7 Å². The van der Waals surface area contributed by atoms with Crippen LogP contribution in [0.4, 0.5) is 11.4 Å². The first-order valence-electron chi connectivity index (χ1n) is 11.5. The summed E-state index contributed by atoms with van der Waals surface area (Å²) in [4.78, 5) is 25.5. The minimum atomic E-state index is -3.94. The smallest absolute Gasteiger partial charge is 0.308 e. The molecule has 0 saturated carbocycles. The van der Waals surface area contributed by atoms with Gasteiger partial charge in [0.05, 0.1) is 27.3 Å². The number of benzene rings is 3. The molecule has 0 aliphatic carbocycles. The van der Waals surface area contributed by atoms with Crippen LogP contribution in [0.1, 0.15) is 18.1 Å². The molecular formula is C26H25N3O5S2. The average molecular weight is 524 g/mol. The molecule has 0 fully saturated rings. The van der Waals surface area contributed by atoms with Crippen molar-refractivity contribution in [3.63, 3.8) is 0 Å². The van der Waals surface area contributed by atoms with Gasteiger partial charge < -0.3 is 10.1 Å². The number of anilines is 2. The molecule has 0 bridgehead atoms. The van der Waals surface area contributed by atoms with Crippen molar-refractivity contribution in [2.75, 3.05) is 16.2 Å². The van der Waals surface area contributed by atoms with Crippen LogP contribution in [0.2, 0.25) is 0 Å². The van der Waals surface area contributed by atoms with Gasteiger partial charge in [-0.25, -0.2) is 8.42 Å². The Bertz CT molecular complexity index is 1640. The molecule has 1 aliphatic rings. The molecule has 1 amide bonds. The van der Waals surface area contributed by atoms with Gasteiger partial charge in [-0.2, -0.15) is 0 Å². The largest absolute Gasteiger partial charge is 0.476 e. The molecule has 2 heterocycles. The Kier molecular flexibility index (Phi) is 6.09. The van der Waals surface area contributed by atoms with Gasteiger partial charge in [-0.15, -0.1) is 0 Å². The Morgan fingerprint density at radius 3 is 2.50 bits per heavy atom. The second kappa shape index (κ2) is 9.11. The average Bonchev–Trinajstić information content (AvgIpc) is 3.17. The number of aryl methyl sites for hydroxylation is 3. The van der Waals surface area contributed by atoms with E-state index in [1.165, 1.54) is 4.31 Å². The molecule has 4 aromatic rings. The molecule has 8 nitrogen and oxygen atoms in total. The summed E-state index contributed by atoms with van der Waals surface area (Å²) in [5, 5.41) is 2.83. The number of aromatic nitrogens is 1. The lowest BCUT2D eigenvalue weighted by Gasteiger charge is -2.35. The Labute approximate surface area is 212 Å². The first-order chi connectivity index (χ1) is 17.2. The number of carbonyl (C=O) groups excluding carboxylic acids is 1. The third kappa shape index (κ3) is 4.27. The summed E-state index contributed by atoms with van der Waals surface area (Å²) in [5.74, 6) is -0.154. The number of nitrogens with one attached hydrogen (secondary N) is 1. The van der Waals surface area contributed by atoms with Crippen LogP contribution in [0.3, 0.4) is 0 Å². The summed E-state index contributed by atoms with van der Waals surface area (Å²) >= 11 is 1.11. The molecule has 1 aromatic heterocycles. The molecular weight excluding hydrogens is 498 g/mol. The van der Waals surface area contributed by atoms with Crippen molar-refractivity contribution in [1.29, 1.82) is 0 Å². The Hall–Kier alpha value is -3.63. The van der Waals surface area contributed by atoms with Crippen LogP contribution < -0.4 is 19.2 Å². The third-order valence-electron chi connectivity index (χ3n) is 6.14. The maximum Gasteiger partial charge on any atom is 0.308 e. The second-order valence-corrected chi connectivity index (χ2v) is 11.6. The minimum Gasteiger partial charge on any atom is -0.476 e. The van der Waals surface area contributed by atoms with Gasteiger partial charge in [0.25, 0.3) is 15.9 Å². The van der Waals surface area contributed by atoms with Crippen molar-refractivity contribution < 1.29 is 17.9 Å². The van der Waals surface area contributed by atoms with Crippen molar-refractivity contribution in [2.45, 2.75) is 38.3 Å². The monoisotopic (exact) mass is 523 g/mol. The van der Waals surface area contributed by atoms with Crippen molar-refractivity contribution in [2.24, 2.45) is 0 Å². The number of sulfonamides is 1. The number of hydrogen-bond acceptors (Lipinski definition) is 6. The lowest BCUT2D eigenvalue weighted by atomic mass is 10.1. The van der Waals surface area contributed by atoms with E-state index < -0.39 is 22.0 Å². The van der Waals surface area contributed by atoms with Crippen molar-refractivity contribution >= 4 is 48.9 Å². The van der Waals surface area contributed by atoms with E-state index in [4.69, 9.17) is 4.74 Å². The highest BCUT2D eigenvalue weighted by Gasteiger charge is 2.37. The molecule has 0 spiro atoms. The van der Waals surface area contributed by atoms with Gasteiger partial charge in [0, 0.05) is 12.2 Å². The zero-order valence-electron chi connectivity index (χ0n) is 20.0. The van der Waals surface area contributed by atoms with E-state index in [1.54, 1.807) is 59.2 Å². The van der Waals surface area contributed by atoms with E-state index in [2.05, 4.69) is 5.32 Å². The molecule has 1 atom stereocenters. The van der Waals surface area contributed by atoms with Crippen LogP contribution >= 0.6 is 11.3 Å². The fraction of sp³-hybridized carbons (Fsp3) is 0.231. The molecule has 5 rings (SSSR count). The van der Waals surface area contributed by atoms with Gasteiger partial charge in [-0.05, 0) is 68.8 Å². The minimum absolute atomic E-state index is 0.0597. The normalized spacial score (nSPS) is 15.4. The summed E-state index contributed by atoms with van der Waals surface area (Å²) < 4.78 is 36.8. The van der Waals surface area contributed by atoms with E-state index in [9.17, 15) is 18.0 Å². The molecule has 186 valence electrons. The molecule has 36 heavy (non-hydrogen) atoms. The molecule has 1 aliphatic heterocycles. The lowest BCUT2D eigenvalue weighted by Crippen LogP contribution is -2.48. The lowest BCUT2D eigenvalue weighted by molar-refractivity contribution is -0.122. The molecule has 3 aromatic carbocycles. The Morgan fingerprint density at radius 2 is 1.78 bits per heavy atom. The van der Waals surface area contributed by atoms with Crippen molar-refractivity contribution in [3.8, 4) is 5.75 Å². The van der Waals surface area contributed by atoms with E-state index in [-0.39, 0.29) is 16.3 Å². The molecule has 1 N–H and O–H groups in total. The summed E-state index contributed by atoms with van der Waals surface area (Å²) in [5.41, 5.74) is 3.52. The zero-order valence-corrected chi connectivity index (χ0v) is 21.7. The van der Waals surface area contributed by atoms with Crippen LogP contribution in [0.15, 0.2) is 70.4 Å². The van der Waals surface area contributed by atoms with E-state index in [1.807, 2.05) is 26.8 Å². The summed E-state index contributed by atoms with van der Waals surface area (Å²) in [6.07, 6.45) is -1.07. The number of thiazole rings is 1. The summed E-state index contributed by atoms with van der Waals surface area (Å²) in [6, 6.07) is 17.1. The predicted octanol–water partition coefficient (Wildman–Crippen LogP) is 4.29. The number of rotatable bonds is 5. The fourth-order valence-electron chi connectivity index (χ4n) is 4.23. The quantitative estimate of drug-likeness (QED) is 0.421. The molecule has 0 saturated heterocycles. The van der Waals surface area contributed by atoms with Crippen LogP contribution in [0, 0.1) is 13.8 Å².